The first-order valence-corrected chi connectivity index (χ1v) is 20.8. The Labute approximate surface area is 304 Å². The molecule has 2 atom stereocenters. The highest BCUT2D eigenvalue weighted by Gasteiger charge is 2.23. The first-order chi connectivity index (χ1) is 24.3. The Morgan fingerprint density at radius 3 is 1.72 bits per heavy atom. The van der Waals surface area contributed by atoms with Crippen LogP contribution in [0.25, 0.3) is 0 Å². The van der Waals surface area contributed by atoms with Crippen LogP contribution in [0.3, 0.4) is 0 Å². The van der Waals surface area contributed by atoms with E-state index >= 15 is 0 Å². The van der Waals surface area contributed by atoms with E-state index in [-0.39, 0.29) is 32.1 Å². The molecule has 0 aromatic heterocycles. The highest BCUT2D eigenvalue weighted by Crippen LogP contribution is 2.42. The molecule has 9 nitrogen and oxygen atoms in total. The van der Waals surface area contributed by atoms with Crippen LogP contribution in [0.2, 0.25) is 0 Å². The lowest BCUT2D eigenvalue weighted by atomic mass is 10.1. The third-order valence-corrected chi connectivity index (χ3v) is 8.70. The molecule has 0 saturated carbocycles. The molecule has 3 N–H and O–H groups in total. The second-order valence-electron chi connectivity index (χ2n) is 12.5. The number of hydrogen-bond donors (Lipinski definition) is 3. The average Bonchev–Trinajstić information content (AvgIpc) is 3.10. The van der Waals surface area contributed by atoms with Gasteiger partial charge in [-0.3, -0.25) is 18.6 Å². The highest BCUT2D eigenvalue weighted by atomic mass is 31.2. The molecule has 0 aliphatic heterocycles. The fourth-order valence-electron chi connectivity index (χ4n) is 4.82. The first-order valence-electron chi connectivity index (χ1n) is 19.3. The zero-order valence-corrected chi connectivity index (χ0v) is 32.2. The van der Waals surface area contributed by atoms with Crippen LogP contribution in [0.4, 0.5) is 0 Å². The molecule has 0 rings (SSSR count). The second kappa shape index (κ2) is 36.5. The van der Waals surface area contributed by atoms with Gasteiger partial charge in [0.15, 0.2) is 0 Å². The molecule has 0 radical (unpaired) electrons. The number of esters is 1. The van der Waals surface area contributed by atoms with Gasteiger partial charge in [-0.15, -0.1) is 0 Å². The number of aliphatic hydroxyl groups is 1. The predicted octanol–water partition coefficient (Wildman–Crippen LogP) is 10.2. The lowest BCUT2D eigenvalue weighted by Crippen LogP contribution is -2.27. The molecule has 2 unspecified atom stereocenters. The molecule has 0 aromatic rings. The van der Waals surface area contributed by atoms with Crippen molar-refractivity contribution in [3.63, 3.8) is 0 Å². The fraction of sp³-hybridized carbons (Fsp3) is 0.700. The summed E-state index contributed by atoms with van der Waals surface area (Å²) in [5.74, 6) is -0.555. The van der Waals surface area contributed by atoms with Gasteiger partial charge in [-0.2, -0.15) is 0 Å². The van der Waals surface area contributed by atoms with E-state index in [0.717, 1.165) is 70.6 Å². The topological polar surface area (TPSA) is 131 Å². The monoisotopic (exact) mass is 723 g/mol. The van der Waals surface area contributed by atoms with E-state index in [2.05, 4.69) is 79.9 Å². The van der Waals surface area contributed by atoms with Gasteiger partial charge in [-0.25, -0.2) is 4.57 Å². The number of allylic oxidation sites excluding steroid dienone is 10. The minimum atomic E-state index is -4.42. The zero-order chi connectivity index (χ0) is 36.8. The number of amides is 1. The van der Waals surface area contributed by atoms with Gasteiger partial charge < -0.3 is 20.1 Å². The molecular formula is C40H70NO8P. The average molecular weight is 724 g/mol. The van der Waals surface area contributed by atoms with E-state index < -0.39 is 26.5 Å². The van der Waals surface area contributed by atoms with Crippen molar-refractivity contribution in [3.8, 4) is 0 Å². The van der Waals surface area contributed by atoms with Gasteiger partial charge in [0, 0.05) is 19.4 Å². The van der Waals surface area contributed by atoms with E-state index in [1.165, 1.54) is 44.9 Å². The largest absolute Gasteiger partial charge is 0.472 e. The predicted molar refractivity (Wildman–Crippen MR) is 206 cm³/mol. The van der Waals surface area contributed by atoms with Crippen LogP contribution in [-0.2, 0) is 27.9 Å². The van der Waals surface area contributed by atoms with E-state index in [0.29, 0.717) is 12.8 Å². The van der Waals surface area contributed by atoms with Gasteiger partial charge in [0.1, 0.15) is 12.7 Å². The maximum absolute atomic E-state index is 12.0. The normalized spacial score (nSPS) is 14.1. The van der Waals surface area contributed by atoms with Gasteiger partial charge in [-0.05, 0) is 57.8 Å². The van der Waals surface area contributed by atoms with Crippen molar-refractivity contribution in [2.24, 2.45) is 0 Å². The molecule has 1 amide bonds. The smallest absolute Gasteiger partial charge is 0.463 e. The molecule has 50 heavy (non-hydrogen) atoms. The summed E-state index contributed by atoms with van der Waals surface area (Å²) in [5.41, 5.74) is 0. The van der Waals surface area contributed by atoms with Crippen molar-refractivity contribution in [2.75, 3.05) is 26.4 Å². The molecule has 0 aromatic carbocycles. The summed E-state index contributed by atoms with van der Waals surface area (Å²) in [6.07, 6.45) is 41.5. The van der Waals surface area contributed by atoms with Gasteiger partial charge in [0.05, 0.1) is 13.2 Å². The number of aliphatic hydroxyl groups excluding tert-OH is 1. The Morgan fingerprint density at radius 2 is 1.14 bits per heavy atom. The van der Waals surface area contributed by atoms with Gasteiger partial charge in [0.25, 0.3) is 0 Å². The highest BCUT2D eigenvalue weighted by molar-refractivity contribution is 7.47. The first kappa shape index (κ1) is 47.7. The summed E-state index contributed by atoms with van der Waals surface area (Å²) in [7, 11) is -4.42. The molecule has 10 heteroatoms. The number of ether oxygens (including phenoxy) is 1. The summed E-state index contributed by atoms with van der Waals surface area (Å²) in [5, 5.41) is 12.6. The van der Waals surface area contributed by atoms with Crippen LogP contribution >= 0.6 is 7.82 Å². The quantitative estimate of drug-likeness (QED) is 0.0255. The van der Waals surface area contributed by atoms with E-state index in [4.69, 9.17) is 13.8 Å². The van der Waals surface area contributed by atoms with Crippen LogP contribution < -0.4 is 5.32 Å². The molecule has 0 spiro atoms. The minimum Gasteiger partial charge on any atom is -0.463 e. The van der Waals surface area contributed by atoms with Crippen molar-refractivity contribution in [1.29, 1.82) is 0 Å². The van der Waals surface area contributed by atoms with Crippen molar-refractivity contribution in [3.05, 3.63) is 60.8 Å². The van der Waals surface area contributed by atoms with Crippen molar-refractivity contribution in [1.82, 2.24) is 5.32 Å². The van der Waals surface area contributed by atoms with Gasteiger partial charge in [-0.1, -0.05) is 139 Å². The lowest BCUT2D eigenvalue weighted by Gasteiger charge is -2.15. The van der Waals surface area contributed by atoms with Crippen LogP contribution in [-0.4, -0.2) is 54.3 Å². The third kappa shape index (κ3) is 37.0. The van der Waals surface area contributed by atoms with Crippen LogP contribution in [0, 0.1) is 0 Å². The number of rotatable bonds is 35. The van der Waals surface area contributed by atoms with E-state index in [1.54, 1.807) is 0 Å². The molecule has 0 fully saturated rings. The second-order valence-corrected chi connectivity index (χ2v) is 14.0. The summed E-state index contributed by atoms with van der Waals surface area (Å²) in [6, 6.07) is 0. The fourth-order valence-corrected chi connectivity index (χ4v) is 5.57. The maximum atomic E-state index is 12.0. The van der Waals surface area contributed by atoms with Crippen LogP contribution in [0.5, 0.6) is 0 Å². The molecule has 0 saturated heterocycles. The van der Waals surface area contributed by atoms with Crippen molar-refractivity contribution >= 4 is 19.7 Å². The number of carbonyl (C=O) groups is 2. The minimum absolute atomic E-state index is 0.0764. The number of phosphoric ester groups is 1. The van der Waals surface area contributed by atoms with E-state index in [1.807, 2.05) is 0 Å². The number of nitrogens with one attached hydrogen (secondary N) is 1. The van der Waals surface area contributed by atoms with Crippen LogP contribution in [0.15, 0.2) is 60.8 Å². The Morgan fingerprint density at radius 1 is 0.640 bits per heavy atom. The number of carbonyl (C=O) groups excluding carboxylic acids is 2. The Balaban J connectivity index is 3.71. The Bertz CT molecular complexity index is 1010. The van der Waals surface area contributed by atoms with Crippen LogP contribution in [0.1, 0.15) is 149 Å². The molecule has 288 valence electrons. The molecular weight excluding hydrogens is 653 g/mol. The molecule has 0 aliphatic rings. The summed E-state index contributed by atoms with van der Waals surface area (Å²) < 4.78 is 26.7. The van der Waals surface area contributed by atoms with Crippen molar-refractivity contribution in [2.45, 2.75) is 155 Å². The summed E-state index contributed by atoms with van der Waals surface area (Å²) >= 11 is 0. The number of phosphoric acid groups is 1. The lowest BCUT2D eigenvalue weighted by molar-refractivity contribution is -0.147. The number of hydrogen-bond acceptors (Lipinski definition) is 7. The standard InChI is InChI=1S/C40H70NO8P/c1-3-5-7-9-11-13-15-16-17-18-19-20-21-22-23-25-27-29-31-33-40(44)47-36-38(42)37-49-50(45,46)48-35-34-41-39(43)32-30-28-26-24-14-12-10-8-6-4-2/h5,7,11,13,16-17,19-20,22-23,38,42H,3-4,6,8-10,12,14-15,18,21,24-37H2,1-2H3,(H,41,43)(H,45,46)/b7-5-,13-11-,17-16-,20-19-,23-22-. The SMILES string of the molecule is CC/C=C\C/C=C\C/C=C\C/C=C\C/C=C\CCCCCC(=O)OCC(O)COP(=O)(O)OCCNC(=O)CCCCCCCCCCCC. The number of unbranched alkanes of at least 4 members (excludes halogenated alkanes) is 12. The summed E-state index contributed by atoms with van der Waals surface area (Å²) in [4.78, 5) is 33.7. The van der Waals surface area contributed by atoms with Crippen molar-refractivity contribution < 1.29 is 37.9 Å². The van der Waals surface area contributed by atoms with Gasteiger partial charge >= 0.3 is 13.8 Å². The molecule has 0 heterocycles. The summed E-state index contributed by atoms with van der Waals surface area (Å²) in [6.45, 7) is 3.36. The Hall–Kier alpha value is -2.29. The van der Waals surface area contributed by atoms with Gasteiger partial charge in [0.2, 0.25) is 5.91 Å². The molecule has 0 bridgehead atoms. The zero-order valence-electron chi connectivity index (χ0n) is 31.3. The third-order valence-electron chi connectivity index (χ3n) is 7.71. The Kier molecular flexibility index (Phi) is 34.8. The maximum Gasteiger partial charge on any atom is 0.472 e. The van der Waals surface area contributed by atoms with E-state index in [9.17, 15) is 24.2 Å². The molecule has 0 aliphatic carbocycles.